The fourth-order valence-corrected chi connectivity index (χ4v) is 6.30. The van der Waals surface area contributed by atoms with Gasteiger partial charge in [-0.05, 0) is 60.9 Å². The summed E-state index contributed by atoms with van der Waals surface area (Å²) in [4.78, 5) is 27.2. The number of ether oxygens (including phenoxy) is 1. The molecule has 32 heavy (non-hydrogen) atoms. The number of amides is 1. The van der Waals surface area contributed by atoms with E-state index in [1.54, 1.807) is 29.2 Å². The van der Waals surface area contributed by atoms with E-state index >= 15 is 0 Å². The fourth-order valence-electron chi connectivity index (χ4n) is 3.96. The van der Waals surface area contributed by atoms with Crippen LogP contribution < -0.4 is 10.7 Å². The SMILES string of the molecule is CCOCCCNC(=O)c1c2n(c(C)cc1=O)-c1ccc(Cl)cc1SC(c1ccsc1)C2. The Bertz CT molecular complexity index is 1170. The summed E-state index contributed by atoms with van der Waals surface area (Å²) in [6.45, 7) is 5.52. The van der Waals surface area contributed by atoms with E-state index in [2.05, 4.69) is 22.1 Å². The molecule has 1 atom stereocenters. The lowest BCUT2D eigenvalue weighted by Crippen LogP contribution is -2.33. The normalized spacial score (nSPS) is 15.0. The van der Waals surface area contributed by atoms with E-state index in [0.717, 1.165) is 22.0 Å². The van der Waals surface area contributed by atoms with Crippen molar-refractivity contribution in [3.05, 3.63) is 78.9 Å². The van der Waals surface area contributed by atoms with Crippen LogP contribution in [0.25, 0.3) is 5.69 Å². The Labute approximate surface area is 200 Å². The van der Waals surface area contributed by atoms with E-state index in [0.29, 0.717) is 37.6 Å². The third-order valence-electron chi connectivity index (χ3n) is 5.41. The highest BCUT2D eigenvalue weighted by atomic mass is 35.5. The number of carbonyl (C=O) groups is 1. The van der Waals surface area contributed by atoms with Crippen molar-refractivity contribution in [2.45, 2.75) is 36.8 Å². The Morgan fingerprint density at radius 2 is 2.16 bits per heavy atom. The van der Waals surface area contributed by atoms with Gasteiger partial charge < -0.3 is 14.6 Å². The van der Waals surface area contributed by atoms with Gasteiger partial charge in [0.2, 0.25) is 0 Å². The summed E-state index contributed by atoms with van der Waals surface area (Å²) in [7, 11) is 0. The molecule has 1 aliphatic heterocycles. The number of benzene rings is 1. The van der Waals surface area contributed by atoms with Crippen molar-refractivity contribution >= 4 is 40.6 Å². The molecule has 1 amide bonds. The Balaban J connectivity index is 1.80. The van der Waals surface area contributed by atoms with Gasteiger partial charge in [-0.15, -0.1) is 11.8 Å². The molecule has 168 valence electrons. The van der Waals surface area contributed by atoms with Crippen molar-refractivity contribution in [1.29, 1.82) is 0 Å². The molecule has 4 rings (SSSR count). The summed E-state index contributed by atoms with van der Waals surface area (Å²) < 4.78 is 7.39. The number of thiophene rings is 1. The van der Waals surface area contributed by atoms with Gasteiger partial charge in [0.1, 0.15) is 5.56 Å². The minimum Gasteiger partial charge on any atom is -0.382 e. The molecule has 0 saturated carbocycles. The number of nitrogens with one attached hydrogen (secondary N) is 1. The maximum atomic E-state index is 13.2. The first-order chi connectivity index (χ1) is 15.5. The molecule has 3 heterocycles. The Kier molecular flexibility index (Phi) is 7.40. The molecule has 8 heteroatoms. The lowest BCUT2D eigenvalue weighted by molar-refractivity contribution is 0.0941. The van der Waals surface area contributed by atoms with E-state index in [-0.39, 0.29) is 22.1 Å². The highest BCUT2D eigenvalue weighted by molar-refractivity contribution is 7.99. The number of rotatable bonds is 7. The third kappa shape index (κ3) is 4.81. The zero-order valence-electron chi connectivity index (χ0n) is 18.0. The van der Waals surface area contributed by atoms with E-state index in [9.17, 15) is 9.59 Å². The average Bonchev–Trinajstić information content (AvgIpc) is 3.23. The monoisotopic (exact) mass is 488 g/mol. The van der Waals surface area contributed by atoms with Gasteiger partial charge in [0.15, 0.2) is 5.43 Å². The minimum atomic E-state index is -0.332. The molecule has 0 spiro atoms. The molecule has 2 aromatic heterocycles. The molecule has 0 saturated heterocycles. The minimum absolute atomic E-state index is 0.0675. The van der Waals surface area contributed by atoms with Gasteiger partial charge in [-0.3, -0.25) is 9.59 Å². The smallest absolute Gasteiger partial charge is 0.257 e. The highest BCUT2D eigenvalue weighted by Crippen LogP contribution is 2.45. The topological polar surface area (TPSA) is 60.3 Å². The van der Waals surface area contributed by atoms with Crippen molar-refractivity contribution in [3.8, 4) is 5.69 Å². The number of hydrogen-bond acceptors (Lipinski definition) is 5. The lowest BCUT2D eigenvalue weighted by atomic mass is 10.0. The number of fused-ring (bicyclic) bond motifs is 3. The van der Waals surface area contributed by atoms with Crippen LogP contribution in [0.1, 0.15) is 45.9 Å². The van der Waals surface area contributed by atoms with Crippen LogP contribution in [-0.4, -0.2) is 30.2 Å². The van der Waals surface area contributed by atoms with Gasteiger partial charge >= 0.3 is 0 Å². The van der Waals surface area contributed by atoms with Crippen molar-refractivity contribution in [3.63, 3.8) is 0 Å². The average molecular weight is 489 g/mol. The number of hydrogen-bond donors (Lipinski definition) is 1. The lowest BCUT2D eigenvalue weighted by Gasteiger charge is -2.20. The fraction of sp³-hybridized carbons (Fsp3) is 0.333. The molecular weight excluding hydrogens is 464 g/mol. The number of thioether (sulfide) groups is 1. The molecule has 5 nitrogen and oxygen atoms in total. The summed E-state index contributed by atoms with van der Waals surface area (Å²) in [5.41, 5.74) is 3.62. The quantitative estimate of drug-likeness (QED) is 0.452. The molecule has 1 unspecified atom stereocenters. The first-order valence-electron chi connectivity index (χ1n) is 10.6. The van der Waals surface area contributed by atoms with Crippen LogP contribution in [0.3, 0.4) is 0 Å². The highest BCUT2D eigenvalue weighted by Gasteiger charge is 2.29. The number of carbonyl (C=O) groups excluding carboxylic acids is 1. The summed E-state index contributed by atoms with van der Waals surface area (Å²) >= 11 is 9.69. The zero-order valence-corrected chi connectivity index (χ0v) is 20.4. The Morgan fingerprint density at radius 1 is 1.31 bits per heavy atom. The van der Waals surface area contributed by atoms with Gasteiger partial charge in [-0.25, -0.2) is 0 Å². The number of pyridine rings is 1. The van der Waals surface area contributed by atoms with Crippen molar-refractivity contribution < 1.29 is 9.53 Å². The predicted octanol–water partition coefficient (Wildman–Crippen LogP) is 5.41. The van der Waals surface area contributed by atoms with E-state index in [1.807, 2.05) is 36.6 Å². The van der Waals surface area contributed by atoms with Crippen LogP contribution in [0.5, 0.6) is 0 Å². The molecular formula is C24H25ClN2O3S2. The molecule has 1 aliphatic rings. The van der Waals surface area contributed by atoms with E-state index < -0.39 is 0 Å². The maximum Gasteiger partial charge on any atom is 0.257 e. The zero-order chi connectivity index (χ0) is 22.7. The van der Waals surface area contributed by atoms with Crippen LogP contribution in [0.2, 0.25) is 5.02 Å². The standard InChI is InChI=1S/C24H25ClN2O3S2/c1-3-30-9-4-8-26-24(29)23-19-13-21(16-7-10-31-14-16)32-22-12-17(25)5-6-18(22)27(19)15(2)11-20(23)28/h5-7,10-12,14,21H,3-4,8-9,13H2,1-2H3,(H,26,29). The van der Waals surface area contributed by atoms with Gasteiger partial charge in [0, 0.05) is 58.8 Å². The first-order valence-corrected chi connectivity index (χ1v) is 12.8. The predicted molar refractivity (Wildman–Crippen MR) is 132 cm³/mol. The Morgan fingerprint density at radius 3 is 2.91 bits per heavy atom. The molecule has 3 aromatic rings. The third-order valence-corrected chi connectivity index (χ3v) is 7.65. The van der Waals surface area contributed by atoms with Gasteiger partial charge in [-0.1, -0.05) is 11.6 Å². The van der Waals surface area contributed by atoms with Crippen LogP contribution >= 0.6 is 34.7 Å². The second-order valence-corrected chi connectivity index (χ2v) is 10.1. The number of aromatic nitrogens is 1. The summed E-state index contributed by atoms with van der Waals surface area (Å²) in [6.07, 6.45) is 1.26. The second kappa shape index (κ2) is 10.3. The second-order valence-electron chi connectivity index (χ2n) is 7.59. The van der Waals surface area contributed by atoms with Crippen molar-refractivity contribution in [2.75, 3.05) is 19.8 Å². The molecule has 0 fully saturated rings. The van der Waals surface area contributed by atoms with Crippen molar-refractivity contribution in [1.82, 2.24) is 9.88 Å². The molecule has 0 radical (unpaired) electrons. The molecule has 0 bridgehead atoms. The Hall–Kier alpha value is -2.06. The van der Waals surface area contributed by atoms with Crippen LogP contribution in [0.15, 0.2) is 50.8 Å². The van der Waals surface area contributed by atoms with Crippen LogP contribution in [0.4, 0.5) is 0 Å². The van der Waals surface area contributed by atoms with Crippen molar-refractivity contribution in [2.24, 2.45) is 0 Å². The van der Waals surface area contributed by atoms with Gasteiger partial charge in [-0.2, -0.15) is 11.3 Å². The van der Waals surface area contributed by atoms with Crippen LogP contribution in [-0.2, 0) is 11.2 Å². The summed E-state index contributed by atoms with van der Waals surface area (Å²) in [5.74, 6) is -0.332. The molecule has 1 N–H and O–H groups in total. The largest absolute Gasteiger partial charge is 0.382 e. The molecule has 0 aliphatic carbocycles. The van der Waals surface area contributed by atoms with E-state index in [4.69, 9.17) is 16.3 Å². The van der Waals surface area contributed by atoms with E-state index in [1.165, 1.54) is 5.56 Å². The maximum absolute atomic E-state index is 13.2. The summed E-state index contributed by atoms with van der Waals surface area (Å²) in [5, 5.41) is 7.82. The number of halogens is 1. The van der Waals surface area contributed by atoms with Gasteiger partial charge in [0.25, 0.3) is 5.91 Å². The molecule has 1 aromatic carbocycles. The first kappa shape index (κ1) is 23.1. The number of nitrogens with zero attached hydrogens (tertiary/aromatic N) is 1. The summed E-state index contributed by atoms with van der Waals surface area (Å²) in [6, 6.07) is 9.42. The van der Waals surface area contributed by atoms with Crippen LogP contribution in [0, 0.1) is 6.92 Å². The number of aryl methyl sites for hydroxylation is 1. The van der Waals surface area contributed by atoms with Gasteiger partial charge in [0.05, 0.1) is 5.69 Å².